The van der Waals surface area contributed by atoms with Gasteiger partial charge in [-0.1, -0.05) is 73.2 Å². The van der Waals surface area contributed by atoms with Crippen molar-refractivity contribution in [1.29, 1.82) is 0 Å². The minimum absolute atomic E-state index is 0.0917. The van der Waals surface area contributed by atoms with Crippen LogP contribution in [-0.4, -0.2) is 57.1 Å². The van der Waals surface area contributed by atoms with Crippen molar-refractivity contribution in [3.8, 4) is 5.75 Å². The van der Waals surface area contributed by atoms with Gasteiger partial charge in [0.1, 0.15) is 18.3 Å². The fraction of sp³-hybridized carbons (Fsp3) is 0.355. The Balaban J connectivity index is 2.06. The van der Waals surface area contributed by atoms with Gasteiger partial charge < -0.3 is 15.0 Å². The molecule has 40 heavy (non-hydrogen) atoms. The van der Waals surface area contributed by atoms with Crippen LogP contribution in [0.4, 0.5) is 5.69 Å². The van der Waals surface area contributed by atoms with Crippen LogP contribution >= 0.6 is 0 Å². The highest BCUT2D eigenvalue weighted by atomic mass is 32.2. The van der Waals surface area contributed by atoms with Crippen LogP contribution in [0.5, 0.6) is 5.75 Å². The monoisotopic (exact) mass is 565 g/mol. The molecule has 214 valence electrons. The zero-order chi connectivity index (χ0) is 29.3. The molecular weight excluding hydrogens is 526 g/mol. The summed E-state index contributed by atoms with van der Waals surface area (Å²) >= 11 is 0. The van der Waals surface area contributed by atoms with Gasteiger partial charge in [0.15, 0.2) is 0 Å². The van der Waals surface area contributed by atoms with Crippen molar-refractivity contribution in [2.24, 2.45) is 0 Å². The number of rotatable bonds is 13. The van der Waals surface area contributed by atoms with Gasteiger partial charge >= 0.3 is 0 Å². The van der Waals surface area contributed by atoms with Crippen LogP contribution in [0, 0.1) is 6.92 Å². The van der Waals surface area contributed by atoms with Gasteiger partial charge in [0.05, 0.1) is 19.1 Å². The minimum atomic E-state index is -3.85. The van der Waals surface area contributed by atoms with Crippen molar-refractivity contribution in [2.45, 2.75) is 52.2 Å². The predicted octanol–water partition coefficient (Wildman–Crippen LogP) is 4.32. The zero-order valence-corrected chi connectivity index (χ0v) is 24.6. The average molecular weight is 566 g/mol. The van der Waals surface area contributed by atoms with Crippen LogP contribution in [0.25, 0.3) is 0 Å². The number of ether oxygens (including phenoxy) is 1. The standard InChI is InChI=1S/C31H39N3O5S/c1-6-24(3)32-31(36)29(19-25-13-8-7-9-14-25)33(21-26-15-10-12-23(2)18-26)30(35)22-34(40(5,37)38)27-16-11-17-28(20-27)39-4/h7-18,20,24,29H,6,19,21-22H2,1-5H3,(H,32,36). The number of nitrogens with one attached hydrogen (secondary N) is 1. The molecule has 3 rings (SSSR count). The molecule has 2 atom stereocenters. The van der Waals surface area contributed by atoms with E-state index in [0.29, 0.717) is 11.4 Å². The fourth-order valence-electron chi connectivity index (χ4n) is 4.38. The summed E-state index contributed by atoms with van der Waals surface area (Å²) in [5, 5.41) is 3.03. The van der Waals surface area contributed by atoms with E-state index in [1.165, 1.54) is 12.0 Å². The number of benzene rings is 3. The lowest BCUT2D eigenvalue weighted by atomic mass is 10.0. The molecule has 0 fully saturated rings. The molecule has 0 aliphatic carbocycles. The Morgan fingerprint density at radius 2 is 1.62 bits per heavy atom. The van der Waals surface area contributed by atoms with Crippen molar-refractivity contribution in [3.63, 3.8) is 0 Å². The van der Waals surface area contributed by atoms with Gasteiger partial charge in [-0.05, 0) is 43.5 Å². The smallest absolute Gasteiger partial charge is 0.244 e. The molecule has 2 unspecified atom stereocenters. The quantitative estimate of drug-likeness (QED) is 0.333. The molecule has 0 saturated heterocycles. The van der Waals surface area contributed by atoms with E-state index in [1.54, 1.807) is 24.3 Å². The molecule has 0 heterocycles. The van der Waals surface area contributed by atoms with Crippen LogP contribution in [0.15, 0.2) is 78.9 Å². The molecule has 8 nitrogen and oxygen atoms in total. The number of carbonyl (C=O) groups is 2. The molecule has 0 spiro atoms. The molecule has 0 aliphatic heterocycles. The van der Waals surface area contributed by atoms with E-state index < -0.39 is 28.5 Å². The van der Waals surface area contributed by atoms with Gasteiger partial charge in [-0.2, -0.15) is 0 Å². The highest BCUT2D eigenvalue weighted by molar-refractivity contribution is 7.92. The number of hydrogen-bond donors (Lipinski definition) is 1. The number of aryl methyl sites for hydroxylation is 1. The van der Waals surface area contributed by atoms with Crippen molar-refractivity contribution in [3.05, 3.63) is 95.6 Å². The molecule has 2 amide bonds. The lowest BCUT2D eigenvalue weighted by molar-refractivity contribution is -0.140. The SMILES string of the molecule is CCC(C)NC(=O)C(Cc1ccccc1)N(Cc1cccc(C)c1)C(=O)CN(c1cccc(OC)c1)S(C)(=O)=O. The van der Waals surface area contributed by atoms with Gasteiger partial charge in [0, 0.05) is 25.1 Å². The maximum atomic E-state index is 14.1. The highest BCUT2D eigenvalue weighted by Gasteiger charge is 2.33. The summed E-state index contributed by atoms with van der Waals surface area (Å²) in [6.45, 7) is 5.52. The van der Waals surface area contributed by atoms with Gasteiger partial charge in [-0.25, -0.2) is 8.42 Å². The number of methoxy groups -OCH3 is 1. The lowest BCUT2D eigenvalue weighted by Crippen LogP contribution is -2.54. The first-order valence-corrected chi connectivity index (χ1v) is 15.2. The summed E-state index contributed by atoms with van der Waals surface area (Å²) in [6.07, 6.45) is 2.06. The molecule has 3 aromatic carbocycles. The largest absolute Gasteiger partial charge is 0.497 e. The van der Waals surface area contributed by atoms with Crippen LogP contribution in [0.2, 0.25) is 0 Å². The molecule has 0 aliphatic rings. The third-order valence-electron chi connectivity index (χ3n) is 6.73. The van der Waals surface area contributed by atoms with Gasteiger partial charge in [-0.3, -0.25) is 13.9 Å². The fourth-order valence-corrected chi connectivity index (χ4v) is 5.22. The van der Waals surface area contributed by atoms with Crippen LogP contribution in [0.3, 0.4) is 0 Å². The number of hydrogen-bond acceptors (Lipinski definition) is 5. The second kappa shape index (κ2) is 14.0. The number of sulfonamides is 1. The number of amides is 2. The topological polar surface area (TPSA) is 96.0 Å². The van der Waals surface area contributed by atoms with Crippen molar-refractivity contribution in [1.82, 2.24) is 10.2 Å². The van der Waals surface area contributed by atoms with Gasteiger partial charge in [-0.15, -0.1) is 0 Å². The van der Waals surface area contributed by atoms with E-state index in [1.807, 2.05) is 75.4 Å². The van der Waals surface area contributed by atoms with E-state index in [2.05, 4.69) is 5.32 Å². The second-order valence-corrected chi connectivity index (χ2v) is 11.9. The van der Waals surface area contributed by atoms with Crippen LogP contribution in [0.1, 0.15) is 37.0 Å². The first kappa shape index (κ1) is 30.7. The lowest BCUT2D eigenvalue weighted by Gasteiger charge is -2.34. The van der Waals surface area contributed by atoms with Gasteiger partial charge in [0.2, 0.25) is 21.8 Å². The zero-order valence-electron chi connectivity index (χ0n) is 23.8. The summed E-state index contributed by atoms with van der Waals surface area (Å²) in [5.74, 6) is -0.313. The maximum Gasteiger partial charge on any atom is 0.244 e. The van der Waals surface area contributed by atoms with Crippen LogP contribution in [-0.2, 0) is 32.6 Å². The Bertz CT molecular complexity index is 1390. The highest BCUT2D eigenvalue weighted by Crippen LogP contribution is 2.24. The Labute approximate surface area is 238 Å². The van der Waals surface area contributed by atoms with E-state index in [0.717, 1.165) is 33.7 Å². The Kier molecular flexibility index (Phi) is 10.7. The minimum Gasteiger partial charge on any atom is -0.497 e. The second-order valence-electron chi connectivity index (χ2n) is 10.0. The Morgan fingerprint density at radius 1 is 0.950 bits per heavy atom. The Morgan fingerprint density at radius 3 is 2.25 bits per heavy atom. The molecule has 0 saturated carbocycles. The molecule has 1 N–H and O–H groups in total. The predicted molar refractivity (Wildman–Crippen MR) is 159 cm³/mol. The molecular formula is C31H39N3O5S. The van der Waals surface area contributed by atoms with E-state index >= 15 is 0 Å². The van der Waals surface area contributed by atoms with E-state index in [4.69, 9.17) is 4.74 Å². The van der Waals surface area contributed by atoms with Crippen molar-refractivity contribution in [2.75, 3.05) is 24.2 Å². The number of anilines is 1. The van der Waals surface area contributed by atoms with Crippen molar-refractivity contribution >= 4 is 27.5 Å². The summed E-state index contributed by atoms with van der Waals surface area (Å²) in [6, 6.07) is 22.8. The number of carbonyl (C=O) groups excluding carboxylic acids is 2. The molecule has 0 aromatic heterocycles. The molecule has 0 radical (unpaired) electrons. The first-order chi connectivity index (χ1) is 19.0. The summed E-state index contributed by atoms with van der Waals surface area (Å²) in [4.78, 5) is 29.3. The average Bonchev–Trinajstić information content (AvgIpc) is 2.93. The normalized spacial score (nSPS) is 12.7. The summed E-state index contributed by atoms with van der Waals surface area (Å²) in [5.41, 5.74) is 3.05. The summed E-state index contributed by atoms with van der Waals surface area (Å²) < 4.78 is 32.1. The summed E-state index contributed by atoms with van der Waals surface area (Å²) in [7, 11) is -2.36. The third-order valence-corrected chi connectivity index (χ3v) is 7.87. The number of nitrogens with zero attached hydrogens (tertiary/aromatic N) is 2. The molecule has 3 aromatic rings. The maximum absolute atomic E-state index is 14.1. The van der Waals surface area contributed by atoms with E-state index in [9.17, 15) is 18.0 Å². The molecule has 9 heteroatoms. The van der Waals surface area contributed by atoms with Gasteiger partial charge in [0.25, 0.3) is 0 Å². The molecule has 0 bridgehead atoms. The van der Waals surface area contributed by atoms with Crippen molar-refractivity contribution < 1.29 is 22.7 Å². The van der Waals surface area contributed by atoms with E-state index in [-0.39, 0.29) is 24.9 Å². The third kappa shape index (κ3) is 8.58. The first-order valence-electron chi connectivity index (χ1n) is 13.3. The Hall–Kier alpha value is -3.85. The van der Waals surface area contributed by atoms with Crippen LogP contribution < -0.4 is 14.4 Å².